The zero-order valence-corrected chi connectivity index (χ0v) is 24.1. The summed E-state index contributed by atoms with van der Waals surface area (Å²) in [5, 5.41) is 19.4. The number of phenolic OH excluding ortho intramolecular Hbond substituents is 1. The first-order chi connectivity index (χ1) is 15.4. The molecule has 5 nitrogen and oxygen atoms in total. The zero-order chi connectivity index (χ0) is 24.5. The third-order valence-corrected chi connectivity index (χ3v) is 8.99. The van der Waals surface area contributed by atoms with Crippen LogP contribution in [0.5, 0.6) is 5.75 Å². The monoisotopic (exact) mass is 788 g/mol. The number of rotatable bonds is 2. The number of carbonyl (C=O) groups is 1. The van der Waals surface area contributed by atoms with Gasteiger partial charge in [-0.2, -0.15) is 0 Å². The van der Waals surface area contributed by atoms with E-state index >= 15 is 0 Å². The van der Waals surface area contributed by atoms with Crippen molar-refractivity contribution in [2.45, 2.75) is 0 Å². The van der Waals surface area contributed by atoms with Gasteiger partial charge < -0.3 is 14.6 Å². The Bertz CT molecular complexity index is 1570. The van der Waals surface area contributed by atoms with E-state index in [2.05, 4.69) is 0 Å². The second-order valence-electron chi connectivity index (χ2n) is 6.56. The molecule has 33 heavy (non-hydrogen) atoms. The predicted molar refractivity (Wildman–Crippen MR) is 149 cm³/mol. The highest BCUT2D eigenvalue weighted by Crippen LogP contribution is 2.53. The number of phenols is 1. The fourth-order valence-corrected chi connectivity index (χ4v) is 6.39. The van der Waals surface area contributed by atoms with Gasteiger partial charge in [0.05, 0.1) is 34.2 Å². The van der Waals surface area contributed by atoms with Crippen LogP contribution in [0, 0.1) is 7.14 Å². The van der Waals surface area contributed by atoms with Crippen molar-refractivity contribution in [2.75, 3.05) is 0 Å². The van der Waals surface area contributed by atoms with Crippen LogP contribution < -0.4 is 5.43 Å². The van der Waals surface area contributed by atoms with Crippen molar-refractivity contribution in [3.63, 3.8) is 0 Å². The number of halogens is 8. The Morgan fingerprint density at radius 3 is 2.09 bits per heavy atom. The Hall–Kier alpha value is -0.400. The molecule has 2 N–H and O–H groups in total. The van der Waals surface area contributed by atoms with Crippen LogP contribution in [0.3, 0.4) is 0 Å². The molecule has 2 aliphatic rings. The summed E-state index contributed by atoms with van der Waals surface area (Å²) < 4.78 is 6.36. The Morgan fingerprint density at radius 1 is 0.879 bits per heavy atom. The van der Waals surface area contributed by atoms with Gasteiger partial charge in [0.2, 0.25) is 5.43 Å². The van der Waals surface area contributed by atoms with Crippen LogP contribution in [0.4, 0.5) is 0 Å². The van der Waals surface area contributed by atoms with Crippen molar-refractivity contribution in [3.8, 4) is 28.2 Å². The molecule has 13 heteroatoms. The van der Waals surface area contributed by atoms with Gasteiger partial charge >= 0.3 is 5.97 Å². The van der Waals surface area contributed by atoms with E-state index in [0.29, 0.717) is 3.57 Å². The second kappa shape index (κ2) is 9.24. The molecule has 0 bridgehead atoms. The van der Waals surface area contributed by atoms with Crippen molar-refractivity contribution in [1.29, 1.82) is 0 Å². The Labute approximate surface area is 242 Å². The molecular formula is C20H4Cl6I2O5. The first kappa shape index (κ1) is 25.7. The van der Waals surface area contributed by atoms with Gasteiger partial charge in [-0.1, -0.05) is 69.6 Å². The number of carboxylic acid groups (broad SMARTS) is 1. The minimum atomic E-state index is -1.43. The SMILES string of the molecule is O=C(O)c1c(Cl)c(Cl)c(Cl)c(Cl)c1-c1c2cc(Cl)c(=O)c(I)c-2oc2c(Cl)c(O)c(I)cc12. The minimum absolute atomic E-state index is 0.0219. The third-order valence-electron chi connectivity index (χ3n) is 4.75. The number of hydrogen-bond acceptors (Lipinski definition) is 4. The molecule has 0 radical (unpaired) electrons. The number of aromatic carboxylic acids is 1. The van der Waals surface area contributed by atoms with E-state index in [9.17, 15) is 19.8 Å². The van der Waals surface area contributed by atoms with Crippen molar-refractivity contribution >= 4 is 132 Å². The van der Waals surface area contributed by atoms with Crippen LogP contribution in [-0.2, 0) is 0 Å². The highest BCUT2D eigenvalue weighted by atomic mass is 127. The second-order valence-corrected chi connectivity index (χ2v) is 11.1. The summed E-state index contributed by atoms with van der Waals surface area (Å²) in [4.78, 5) is 24.8. The molecule has 2 aromatic rings. The van der Waals surface area contributed by atoms with E-state index < -0.39 is 17.0 Å². The van der Waals surface area contributed by atoms with Gasteiger partial charge in [0, 0.05) is 22.1 Å². The number of aromatic hydroxyl groups is 1. The molecule has 0 saturated heterocycles. The molecule has 170 valence electrons. The van der Waals surface area contributed by atoms with E-state index in [0.717, 1.165) is 0 Å². The first-order valence-corrected chi connectivity index (χ1v) is 12.9. The maximum Gasteiger partial charge on any atom is 0.337 e. The van der Waals surface area contributed by atoms with Crippen LogP contribution in [0.1, 0.15) is 10.4 Å². The van der Waals surface area contributed by atoms with Gasteiger partial charge in [0.25, 0.3) is 0 Å². The number of carboxylic acids is 1. The molecule has 4 rings (SSSR count). The van der Waals surface area contributed by atoms with Gasteiger partial charge in [0.15, 0.2) is 17.1 Å². The molecule has 0 aromatic heterocycles. The molecule has 0 saturated carbocycles. The van der Waals surface area contributed by atoms with Crippen molar-refractivity contribution in [2.24, 2.45) is 0 Å². The largest absolute Gasteiger partial charge is 0.505 e. The lowest BCUT2D eigenvalue weighted by molar-refractivity contribution is 0.0698. The lowest BCUT2D eigenvalue weighted by Gasteiger charge is -2.21. The molecule has 1 aliphatic carbocycles. The topological polar surface area (TPSA) is 87.7 Å². The molecule has 2 aromatic carbocycles. The van der Waals surface area contributed by atoms with Crippen LogP contribution in [0.2, 0.25) is 30.1 Å². The fraction of sp³-hybridized carbons (Fsp3) is 0. The normalized spacial score (nSPS) is 11.5. The summed E-state index contributed by atoms with van der Waals surface area (Å²) in [6.45, 7) is 0. The molecule has 1 aliphatic heterocycles. The van der Waals surface area contributed by atoms with Crippen LogP contribution in [0.25, 0.3) is 33.4 Å². The van der Waals surface area contributed by atoms with Gasteiger partial charge in [-0.25, -0.2) is 4.79 Å². The maximum absolute atomic E-state index is 12.5. The molecule has 0 fully saturated rings. The quantitative estimate of drug-likeness (QED) is 0.0916. The molecular weight excluding hydrogens is 787 g/mol. The molecule has 0 amide bonds. The smallest absolute Gasteiger partial charge is 0.337 e. The summed E-state index contributed by atoms with van der Waals surface area (Å²) in [7, 11) is 0. The van der Waals surface area contributed by atoms with Crippen LogP contribution in [0.15, 0.2) is 21.3 Å². The zero-order valence-electron chi connectivity index (χ0n) is 15.3. The fourth-order valence-electron chi connectivity index (χ4n) is 3.33. The Balaban J connectivity index is 2.43. The van der Waals surface area contributed by atoms with E-state index in [1.54, 1.807) is 22.6 Å². The maximum atomic E-state index is 12.5. The molecule has 0 spiro atoms. The summed E-state index contributed by atoms with van der Waals surface area (Å²) in [6, 6.07) is 2.84. The van der Waals surface area contributed by atoms with Gasteiger partial charge in [-0.15, -0.1) is 0 Å². The van der Waals surface area contributed by atoms with Gasteiger partial charge in [-0.05, 0) is 57.3 Å². The van der Waals surface area contributed by atoms with Gasteiger partial charge in [-0.3, -0.25) is 4.79 Å². The number of benzene rings is 3. The lowest BCUT2D eigenvalue weighted by atomic mass is 9.90. The Morgan fingerprint density at radius 2 is 1.48 bits per heavy atom. The molecule has 0 unspecified atom stereocenters. The van der Waals surface area contributed by atoms with E-state index in [1.165, 1.54) is 12.1 Å². The van der Waals surface area contributed by atoms with Crippen LogP contribution in [-0.4, -0.2) is 16.2 Å². The van der Waals surface area contributed by atoms with Crippen molar-refractivity contribution < 1.29 is 19.4 Å². The summed E-state index contributed by atoms with van der Waals surface area (Å²) >= 11 is 41.3. The number of hydrogen-bond donors (Lipinski definition) is 2. The highest BCUT2D eigenvalue weighted by Gasteiger charge is 2.32. The van der Waals surface area contributed by atoms with E-state index in [4.69, 9.17) is 74.0 Å². The predicted octanol–water partition coefficient (Wildman–Crippen LogP) is 9.10. The lowest BCUT2D eigenvalue weighted by Crippen LogP contribution is -2.10. The summed E-state index contributed by atoms with van der Waals surface area (Å²) in [5.74, 6) is -1.65. The highest BCUT2D eigenvalue weighted by molar-refractivity contribution is 14.1. The number of fused-ring (bicyclic) bond motifs is 2. The summed E-state index contributed by atoms with van der Waals surface area (Å²) in [5.41, 5.74) is -0.631. The molecule has 0 atom stereocenters. The molecule has 1 heterocycles. The third kappa shape index (κ3) is 3.96. The average Bonchev–Trinajstić information content (AvgIpc) is 2.76. The summed E-state index contributed by atoms with van der Waals surface area (Å²) in [6.07, 6.45) is 0. The van der Waals surface area contributed by atoms with Crippen molar-refractivity contribution in [1.82, 2.24) is 0 Å². The van der Waals surface area contributed by atoms with Crippen molar-refractivity contribution in [3.05, 3.63) is 65.2 Å². The van der Waals surface area contributed by atoms with E-state index in [1.807, 2.05) is 22.6 Å². The minimum Gasteiger partial charge on any atom is -0.505 e. The first-order valence-electron chi connectivity index (χ1n) is 8.43. The standard InChI is InChI=1S/C20H4Cl6I2O5/c21-5-1-3-7(8-9(20(31)32)11(23)13(25)12(24)10(8)22)4-2-6(27)17(30)14(26)18(4)33-19(3)15(28)16(5)29/h1-2,30H,(H,31,32). The van der Waals surface area contributed by atoms with Gasteiger partial charge in [0.1, 0.15) is 8.59 Å². The van der Waals surface area contributed by atoms with E-state index in [-0.39, 0.29) is 72.9 Å². The average molecular weight is 791 g/mol. The Kier molecular flexibility index (Phi) is 7.19. The van der Waals surface area contributed by atoms with Crippen LogP contribution >= 0.6 is 115 Å².